The van der Waals surface area contributed by atoms with Crippen molar-refractivity contribution in [1.29, 1.82) is 0 Å². The first-order chi connectivity index (χ1) is 6.12. The van der Waals surface area contributed by atoms with Gasteiger partial charge in [-0.3, -0.25) is 0 Å². The lowest BCUT2D eigenvalue weighted by Gasteiger charge is -2.14. The minimum atomic E-state index is -1.16. The lowest BCUT2D eigenvalue weighted by atomic mass is 10.0. The van der Waals surface area contributed by atoms with Crippen LogP contribution in [0.5, 0.6) is 0 Å². The quantitative estimate of drug-likeness (QED) is 0.748. The van der Waals surface area contributed by atoms with E-state index in [-0.39, 0.29) is 5.82 Å². The summed E-state index contributed by atoms with van der Waals surface area (Å²) in [5.74, 6) is -0.349. The predicted molar refractivity (Wildman–Crippen MR) is 46.4 cm³/mol. The molecule has 0 radical (unpaired) electrons. The van der Waals surface area contributed by atoms with Crippen LogP contribution in [0.25, 0.3) is 0 Å². The van der Waals surface area contributed by atoms with Crippen LogP contribution in [0.3, 0.4) is 0 Å². The van der Waals surface area contributed by atoms with E-state index in [2.05, 4.69) is 0 Å². The van der Waals surface area contributed by atoms with Gasteiger partial charge in [0.1, 0.15) is 12.0 Å². The first kappa shape index (κ1) is 8.63. The Morgan fingerprint density at radius 2 is 1.77 bits per heavy atom. The summed E-state index contributed by atoms with van der Waals surface area (Å²) in [5.41, 5.74) is 5.48. The number of hydrogen-bond acceptors (Lipinski definition) is 1. The highest BCUT2D eigenvalue weighted by atomic mass is 19.1. The van der Waals surface area contributed by atoms with Crippen molar-refractivity contribution in [3.8, 4) is 0 Å². The molecule has 2 N–H and O–H groups in total. The van der Waals surface area contributed by atoms with Crippen molar-refractivity contribution in [2.45, 2.75) is 24.6 Å². The van der Waals surface area contributed by atoms with Crippen molar-refractivity contribution in [2.75, 3.05) is 0 Å². The number of nitrogens with two attached hydrogens (primary N) is 1. The summed E-state index contributed by atoms with van der Waals surface area (Å²) in [6.07, 6.45) is 0.268. The number of rotatable bonds is 2. The Morgan fingerprint density at radius 3 is 2.23 bits per heavy atom. The van der Waals surface area contributed by atoms with Crippen LogP contribution < -0.4 is 5.73 Å². The average Bonchev–Trinajstić information content (AvgIpc) is 2.85. The minimum absolute atomic E-state index is 0.349. The largest absolute Gasteiger partial charge is 0.322 e. The Balaban J connectivity index is 2.20. The van der Waals surface area contributed by atoms with Gasteiger partial charge >= 0.3 is 0 Å². The lowest BCUT2D eigenvalue weighted by molar-refractivity contribution is 0.274. The molecule has 1 saturated carbocycles. The molecule has 0 aliphatic heterocycles. The zero-order chi connectivity index (χ0) is 9.47. The molecular weight excluding hydrogens is 172 g/mol. The molecule has 1 unspecified atom stereocenters. The maximum Gasteiger partial charge on any atom is 0.143 e. The molecule has 1 aliphatic rings. The van der Waals surface area contributed by atoms with Crippen LogP contribution in [0.4, 0.5) is 8.78 Å². The van der Waals surface area contributed by atoms with Crippen LogP contribution in [0.1, 0.15) is 24.6 Å². The van der Waals surface area contributed by atoms with E-state index in [1.54, 1.807) is 0 Å². The van der Waals surface area contributed by atoms with Gasteiger partial charge < -0.3 is 5.73 Å². The second-order valence-corrected chi connectivity index (χ2v) is 3.65. The molecule has 13 heavy (non-hydrogen) atoms. The van der Waals surface area contributed by atoms with Gasteiger partial charge in [0, 0.05) is 0 Å². The van der Waals surface area contributed by atoms with Crippen LogP contribution >= 0.6 is 0 Å². The molecule has 1 aliphatic carbocycles. The van der Waals surface area contributed by atoms with E-state index in [9.17, 15) is 8.78 Å². The monoisotopic (exact) mass is 183 g/mol. The molecule has 0 bridgehead atoms. The highest BCUT2D eigenvalue weighted by molar-refractivity contribution is 5.25. The van der Waals surface area contributed by atoms with Gasteiger partial charge in [0.25, 0.3) is 0 Å². The smallest absolute Gasteiger partial charge is 0.143 e. The average molecular weight is 183 g/mol. The number of benzene rings is 1. The third-order valence-corrected chi connectivity index (χ3v) is 2.49. The van der Waals surface area contributed by atoms with Gasteiger partial charge in [-0.2, -0.15) is 0 Å². The third-order valence-electron chi connectivity index (χ3n) is 2.49. The molecule has 1 fully saturated rings. The Kier molecular flexibility index (Phi) is 1.84. The Bertz CT molecular complexity index is 303. The van der Waals surface area contributed by atoms with Gasteiger partial charge in [-0.15, -0.1) is 0 Å². The van der Waals surface area contributed by atoms with Gasteiger partial charge in [0.05, 0.1) is 5.54 Å². The topological polar surface area (TPSA) is 26.0 Å². The fourth-order valence-electron chi connectivity index (χ4n) is 1.36. The zero-order valence-corrected chi connectivity index (χ0v) is 7.13. The highest BCUT2D eigenvalue weighted by Gasteiger charge is 2.47. The van der Waals surface area contributed by atoms with E-state index in [0.29, 0.717) is 18.4 Å². The number of halogens is 2. The summed E-state index contributed by atoms with van der Waals surface area (Å²) < 4.78 is 26.1. The summed E-state index contributed by atoms with van der Waals surface area (Å²) in [6, 6.07) is 5.42. The van der Waals surface area contributed by atoms with Crippen molar-refractivity contribution < 1.29 is 8.78 Å². The summed E-state index contributed by atoms with van der Waals surface area (Å²) in [4.78, 5) is 0. The molecule has 0 heterocycles. The van der Waals surface area contributed by atoms with E-state index >= 15 is 0 Å². The molecule has 0 saturated heterocycles. The Labute approximate surface area is 75.6 Å². The minimum Gasteiger partial charge on any atom is -0.322 e. The Morgan fingerprint density at radius 1 is 1.23 bits per heavy atom. The van der Waals surface area contributed by atoms with Crippen LogP contribution in [0.15, 0.2) is 24.3 Å². The second-order valence-electron chi connectivity index (χ2n) is 3.65. The normalized spacial score (nSPS) is 21.2. The summed E-state index contributed by atoms with van der Waals surface area (Å²) in [5, 5.41) is 0. The molecular formula is C10H11F2N. The predicted octanol–water partition coefficient (Wildman–Crippen LogP) is 2.33. The van der Waals surface area contributed by atoms with Crippen LogP contribution in [0.2, 0.25) is 0 Å². The van der Waals surface area contributed by atoms with E-state index in [4.69, 9.17) is 5.73 Å². The molecule has 1 nitrogen and oxygen atoms in total. The van der Waals surface area contributed by atoms with Gasteiger partial charge in [0.2, 0.25) is 0 Å². The van der Waals surface area contributed by atoms with Crippen molar-refractivity contribution in [2.24, 2.45) is 5.73 Å². The zero-order valence-electron chi connectivity index (χ0n) is 7.13. The fraction of sp³-hybridized carbons (Fsp3) is 0.400. The first-order valence-electron chi connectivity index (χ1n) is 4.30. The van der Waals surface area contributed by atoms with Crippen LogP contribution in [-0.4, -0.2) is 5.54 Å². The highest BCUT2D eigenvalue weighted by Crippen LogP contribution is 2.45. The molecule has 1 atom stereocenters. The Hall–Kier alpha value is -0.960. The maximum atomic E-state index is 13.6. The van der Waals surface area contributed by atoms with E-state index in [1.165, 1.54) is 24.3 Å². The lowest BCUT2D eigenvalue weighted by Crippen LogP contribution is -2.27. The number of hydrogen-bond donors (Lipinski definition) is 1. The van der Waals surface area contributed by atoms with Gasteiger partial charge in [0.15, 0.2) is 0 Å². The molecule has 0 amide bonds. The first-order valence-corrected chi connectivity index (χ1v) is 4.30. The standard InChI is InChI=1S/C10H11F2N/c11-8-3-1-7(2-4-8)9(12)10(13)5-6-10/h1-4,9H,5-6,13H2. The number of alkyl halides is 1. The van der Waals surface area contributed by atoms with E-state index in [0.717, 1.165) is 0 Å². The van der Waals surface area contributed by atoms with Crippen LogP contribution in [0, 0.1) is 5.82 Å². The maximum absolute atomic E-state index is 13.6. The molecule has 0 aromatic heterocycles. The van der Waals surface area contributed by atoms with Crippen molar-refractivity contribution in [1.82, 2.24) is 0 Å². The van der Waals surface area contributed by atoms with E-state index in [1.807, 2.05) is 0 Å². The van der Waals surface area contributed by atoms with Crippen molar-refractivity contribution in [3.05, 3.63) is 35.6 Å². The van der Waals surface area contributed by atoms with E-state index < -0.39 is 11.7 Å². The molecule has 0 spiro atoms. The second kappa shape index (κ2) is 2.77. The summed E-state index contributed by atoms with van der Waals surface area (Å²) >= 11 is 0. The van der Waals surface area contributed by atoms with Crippen LogP contribution in [-0.2, 0) is 0 Å². The molecule has 3 heteroatoms. The molecule has 1 aromatic rings. The van der Waals surface area contributed by atoms with Gasteiger partial charge in [-0.25, -0.2) is 8.78 Å². The third kappa shape index (κ3) is 1.56. The summed E-state index contributed by atoms with van der Waals surface area (Å²) in [7, 11) is 0. The SMILES string of the molecule is NC1(C(F)c2ccc(F)cc2)CC1. The molecule has 1 aromatic carbocycles. The fourth-order valence-corrected chi connectivity index (χ4v) is 1.36. The molecule has 70 valence electrons. The van der Waals surface area contributed by atoms with Gasteiger partial charge in [-0.1, -0.05) is 12.1 Å². The summed E-state index contributed by atoms with van der Waals surface area (Å²) in [6.45, 7) is 0. The van der Waals surface area contributed by atoms with Gasteiger partial charge in [-0.05, 0) is 30.5 Å². The van der Waals surface area contributed by atoms with Crippen molar-refractivity contribution >= 4 is 0 Å². The molecule has 2 rings (SSSR count). The van der Waals surface area contributed by atoms with Crippen molar-refractivity contribution in [3.63, 3.8) is 0 Å².